The Morgan fingerprint density at radius 3 is 2.68 bits per heavy atom. The summed E-state index contributed by atoms with van der Waals surface area (Å²) in [4.78, 5) is 0. The molecule has 0 aliphatic carbocycles. The van der Waals surface area contributed by atoms with Crippen molar-refractivity contribution < 1.29 is 4.39 Å². The molecule has 1 N–H and O–H groups in total. The van der Waals surface area contributed by atoms with Crippen LogP contribution in [0.3, 0.4) is 0 Å². The van der Waals surface area contributed by atoms with Gasteiger partial charge in [-0.15, -0.1) is 0 Å². The van der Waals surface area contributed by atoms with Crippen molar-refractivity contribution in [2.75, 3.05) is 5.32 Å². The first-order chi connectivity index (χ1) is 9.10. The molecule has 0 radical (unpaired) electrons. The lowest BCUT2D eigenvalue weighted by molar-refractivity contribution is 0.612. The third kappa shape index (κ3) is 3.46. The molecule has 5 heteroatoms. The van der Waals surface area contributed by atoms with Crippen LogP contribution in [-0.4, -0.2) is 0 Å². The molecule has 19 heavy (non-hydrogen) atoms. The molecule has 2 rings (SSSR count). The summed E-state index contributed by atoms with van der Waals surface area (Å²) in [6.45, 7) is 0.304. The van der Waals surface area contributed by atoms with Crippen LogP contribution in [0.1, 0.15) is 11.1 Å². The van der Waals surface area contributed by atoms with Gasteiger partial charge >= 0.3 is 0 Å². The maximum absolute atomic E-state index is 13.7. The summed E-state index contributed by atoms with van der Waals surface area (Å²) in [6, 6.07) is 11.7. The molecule has 0 heterocycles. The number of hydrogen-bond acceptors (Lipinski definition) is 2. The van der Waals surface area contributed by atoms with Crippen molar-refractivity contribution in [3.05, 3.63) is 62.8 Å². The highest BCUT2D eigenvalue weighted by atomic mass is 79.9. The van der Waals surface area contributed by atoms with Crippen molar-refractivity contribution in [2.24, 2.45) is 0 Å². The van der Waals surface area contributed by atoms with Crippen molar-refractivity contribution in [3.63, 3.8) is 0 Å². The van der Waals surface area contributed by atoms with Crippen molar-refractivity contribution >= 4 is 33.2 Å². The Balaban J connectivity index is 2.13. The van der Waals surface area contributed by atoms with Gasteiger partial charge in [-0.05, 0) is 30.3 Å². The van der Waals surface area contributed by atoms with E-state index >= 15 is 0 Å². The van der Waals surface area contributed by atoms with E-state index in [1.807, 2.05) is 18.2 Å². The number of rotatable bonds is 3. The average Bonchev–Trinajstić information content (AvgIpc) is 2.39. The Kier molecular flexibility index (Phi) is 4.41. The molecular formula is C14H9BrClFN2. The topological polar surface area (TPSA) is 35.8 Å². The van der Waals surface area contributed by atoms with Gasteiger partial charge in [-0.3, -0.25) is 0 Å². The van der Waals surface area contributed by atoms with E-state index in [4.69, 9.17) is 16.9 Å². The van der Waals surface area contributed by atoms with Gasteiger partial charge in [0.2, 0.25) is 0 Å². The van der Waals surface area contributed by atoms with Gasteiger partial charge in [-0.2, -0.15) is 5.26 Å². The second-order valence-electron chi connectivity index (χ2n) is 3.90. The van der Waals surface area contributed by atoms with Gasteiger partial charge in [-0.1, -0.05) is 33.6 Å². The van der Waals surface area contributed by atoms with E-state index < -0.39 is 5.82 Å². The zero-order valence-corrected chi connectivity index (χ0v) is 12.1. The van der Waals surface area contributed by atoms with E-state index in [1.165, 1.54) is 6.07 Å². The van der Waals surface area contributed by atoms with E-state index in [-0.39, 0.29) is 0 Å². The molecule has 2 aromatic carbocycles. The highest BCUT2D eigenvalue weighted by Crippen LogP contribution is 2.26. The molecule has 0 spiro atoms. The Morgan fingerprint density at radius 2 is 2.05 bits per heavy atom. The van der Waals surface area contributed by atoms with Gasteiger partial charge in [-0.25, -0.2) is 4.39 Å². The largest absolute Gasteiger partial charge is 0.380 e. The van der Waals surface area contributed by atoms with Gasteiger partial charge in [0.05, 0.1) is 22.3 Å². The molecule has 0 aliphatic heterocycles. The Bertz CT molecular complexity index is 652. The molecule has 96 valence electrons. The van der Waals surface area contributed by atoms with Gasteiger partial charge < -0.3 is 5.32 Å². The normalized spacial score (nSPS) is 10.0. The molecule has 0 atom stereocenters. The number of nitriles is 1. The Morgan fingerprint density at radius 1 is 1.26 bits per heavy atom. The van der Waals surface area contributed by atoms with Crippen molar-refractivity contribution in [2.45, 2.75) is 6.54 Å². The standard InChI is InChI=1S/C14H9BrClFN2/c15-11-3-4-14(12(16)6-11)19-8-10-2-1-9(7-18)5-13(10)17/h1-6,19H,8H2. The zero-order valence-electron chi connectivity index (χ0n) is 9.75. The summed E-state index contributed by atoms with van der Waals surface area (Å²) in [5, 5.41) is 12.3. The number of hydrogen-bond donors (Lipinski definition) is 1. The fraction of sp³-hybridized carbons (Fsp3) is 0.0714. The van der Waals surface area contributed by atoms with Crippen LogP contribution in [0.25, 0.3) is 0 Å². The van der Waals surface area contributed by atoms with Crippen LogP contribution in [0.5, 0.6) is 0 Å². The van der Waals surface area contributed by atoms with E-state index in [2.05, 4.69) is 21.2 Å². The van der Waals surface area contributed by atoms with Crippen LogP contribution in [-0.2, 0) is 6.54 Å². The number of benzene rings is 2. The van der Waals surface area contributed by atoms with Crippen LogP contribution in [0.2, 0.25) is 5.02 Å². The smallest absolute Gasteiger partial charge is 0.129 e. The number of halogens is 3. The maximum Gasteiger partial charge on any atom is 0.129 e. The van der Waals surface area contributed by atoms with Crippen LogP contribution in [0.4, 0.5) is 10.1 Å². The van der Waals surface area contributed by atoms with E-state index in [1.54, 1.807) is 18.2 Å². The lowest BCUT2D eigenvalue weighted by Crippen LogP contribution is -2.02. The predicted molar refractivity (Wildman–Crippen MR) is 77.6 cm³/mol. The first-order valence-corrected chi connectivity index (χ1v) is 6.64. The molecular weight excluding hydrogens is 331 g/mol. The van der Waals surface area contributed by atoms with Gasteiger partial charge in [0, 0.05) is 16.6 Å². The van der Waals surface area contributed by atoms with Crippen molar-refractivity contribution in [1.82, 2.24) is 0 Å². The minimum absolute atomic E-state index is 0.304. The Hall–Kier alpha value is -1.57. The fourth-order valence-electron chi connectivity index (χ4n) is 1.58. The highest BCUT2D eigenvalue weighted by Gasteiger charge is 2.05. The highest BCUT2D eigenvalue weighted by molar-refractivity contribution is 9.10. The molecule has 0 unspecified atom stereocenters. The van der Waals surface area contributed by atoms with Gasteiger partial charge in [0.15, 0.2) is 0 Å². The van der Waals surface area contributed by atoms with Crippen LogP contribution in [0, 0.1) is 17.1 Å². The van der Waals surface area contributed by atoms with Crippen LogP contribution < -0.4 is 5.32 Å². The molecule has 0 bridgehead atoms. The number of anilines is 1. The summed E-state index contributed by atoms with van der Waals surface area (Å²) in [5.74, 6) is -0.403. The molecule has 0 amide bonds. The summed E-state index contributed by atoms with van der Waals surface area (Å²) in [6.07, 6.45) is 0. The minimum atomic E-state index is -0.403. The lowest BCUT2D eigenvalue weighted by Gasteiger charge is -2.09. The molecule has 0 saturated heterocycles. The first-order valence-electron chi connectivity index (χ1n) is 5.47. The summed E-state index contributed by atoms with van der Waals surface area (Å²) < 4.78 is 14.6. The molecule has 0 saturated carbocycles. The molecule has 2 nitrogen and oxygen atoms in total. The number of nitrogens with zero attached hydrogens (tertiary/aromatic N) is 1. The summed E-state index contributed by atoms with van der Waals surface area (Å²) in [5.41, 5.74) is 1.52. The second kappa shape index (κ2) is 6.05. The van der Waals surface area contributed by atoms with E-state index in [0.717, 1.165) is 10.2 Å². The van der Waals surface area contributed by atoms with Gasteiger partial charge in [0.25, 0.3) is 0 Å². The fourth-order valence-corrected chi connectivity index (χ4v) is 2.32. The van der Waals surface area contributed by atoms with Crippen molar-refractivity contribution in [3.8, 4) is 6.07 Å². The van der Waals surface area contributed by atoms with Crippen LogP contribution in [0.15, 0.2) is 40.9 Å². The van der Waals surface area contributed by atoms with Crippen LogP contribution >= 0.6 is 27.5 Å². The third-order valence-corrected chi connectivity index (χ3v) is 3.39. The third-order valence-electron chi connectivity index (χ3n) is 2.58. The van der Waals surface area contributed by atoms with E-state index in [0.29, 0.717) is 22.7 Å². The maximum atomic E-state index is 13.7. The molecule has 0 aromatic heterocycles. The summed E-state index contributed by atoms with van der Waals surface area (Å²) in [7, 11) is 0. The van der Waals surface area contributed by atoms with Gasteiger partial charge in [0.1, 0.15) is 5.82 Å². The predicted octanol–water partition coefficient (Wildman–Crippen LogP) is 4.73. The minimum Gasteiger partial charge on any atom is -0.380 e. The van der Waals surface area contributed by atoms with E-state index in [9.17, 15) is 4.39 Å². The molecule has 0 aliphatic rings. The summed E-state index contributed by atoms with van der Waals surface area (Å²) >= 11 is 9.37. The monoisotopic (exact) mass is 338 g/mol. The first kappa shape index (κ1) is 13.9. The zero-order chi connectivity index (χ0) is 13.8. The SMILES string of the molecule is N#Cc1ccc(CNc2ccc(Br)cc2Cl)c(F)c1. The second-order valence-corrected chi connectivity index (χ2v) is 5.22. The number of nitrogens with one attached hydrogen (secondary N) is 1. The Labute approximate surface area is 123 Å². The lowest BCUT2D eigenvalue weighted by atomic mass is 10.1. The van der Waals surface area contributed by atoms with Crippen molar-refractivity contribution in [1.29, 1.82) is 5.26 Å². The average molecular weight is 340 g/mol. The molecule has 0 fully saturated rings. The quantitative estimate of drug-likeness (QED) is 0.878. The molecule has 2 aromatic rings.